The van der Waals surface area contributed by atoms with E-state index in [0.29, 0.717) is 32.2 Å². The van der Waals surface area contributed by atoms with Gasteiger partial charge in [0.05, 0.1) is 18.2 Å². The van der Waals surface area contributed by atoms with E-state index in [1.54, 1.807) is 31.2 Å². The molecule has 3 heterocycles. The summed E-state index contributed by atoms with van der Waals surface area (Å²) in [5, 5.41) is 71.0. The average molecular weight is 864 g/mol. The van der Waals surface area contributed by atoms with E-state index in [2.05, 4.69) is 36.9 Å². The second-order valence-corrected chi connectivity index (χ2v) is 16.5. The minimum absolute atomic E-state index is 0.0455. The van der Waals surface area contributed by atoms with Crippen molar-refractivity contribution in [2.75, 3.05) is 19.6 Å². The van der Waals surface area contributed by atoms with Gasteiger partial charge in [-0.2, -0.15) is 0 Å². The third-order valence-corrected chi connectivity index (χ3v) is 11.7. The van der Waals surface area contributed by atoms with Gasteiger partial charge in [-0.1, -0.05) is 55.5 Å². The fourth-order valence-electron chi connectivity index (χ4n) is 8.15. The Hall–Kier alpha value is -5.15. The molecule has 2 aromatic carbocycles. The molecule has 1 aromatic heterocycles. The Labute approximate surface area is 361 Å². The Morgan fingerprint density at radius 2 is 1.65 bits per heavy atom. The molecule has 5 rings (SSSR count). The van der Waals surface area contributed by atoms with Gasteiger partial charge in [0.2, 0.25) is 23.6 Å². The van der Waals surface area contributed by atoms with Gasteiger partial charge in [0, 0.05) is 68.0 Å². The summed E-state index contributed by atoms with van der Waals surface area (Å²) in [5.74, 6) is -2.84. The number of rotatable bonds is 9. The van der Waals surface area contributed by atoms with Crippen LogP contribution in [0.2, 0.25) is 0 Å². The highest BCUT2D eigenvalue weighted by molar-refractivity contribution is 5.93. The topological polar surface area (TPSA) is 316 Å². The third kappa shape index (κ3) is 13.9. The van der Waals surface area contributed by atoms with Gasteiger partial charge in [-0.3, -0.25) is 35.2 Å². The molecule has 62 heavy (non-hydrogen) atoms. The monoisotopic (exact) mass is 864 g/mol. The van der Waals surface area contributed by atoms with Crippen LogP contribution < -0.4 is 43.4 Å². The zero-order valence-corrected chi connectivity index (χ0v) is 35.3. The van der Waals surface area contributed by atoms with Crippen molar-refractivity contribution in [1.29, 1.82) is 5.41 Å². The Morgan fingerprint density at radius 1 is 0.919 bits per heavy atom. The molecule has 2 aliphatic rings. The number of aromatic amines is 1. The van der Waals surface area contributed by atoms with Crippen LogP contribution in [0.4, 0.5) is 0 Å². The van der Waals surface area contributed by atoms with Crippen molar-refractivity contribution < 1.29 is 39.6 Å². The van der Waals surface area contributed by atoms with Gasteiger partial charge in [-0.25, -0.2) is 0 Å². The lowest BCUT2D eigenvalue weighted by atomic mass is 10.00. The standard InChI is InChI=1S/C43H65N11O8/c1-25-16-17-36(56)47-18-8-7-14-31(37(44)57)50-40(60)34(21-27-23-49-30-13-6-5-12-29(27)30)52-38(58)32(15-9-19-48-43(45)46)51-39(59)33(20-26-10-3-2-4-11-26)53-41(61)35-22-28(55)24-54(35)42(25)62/h2-6,10-13,23,25,28,31-35,37-38,40,49-50,52,55,57-58,60H,7-9,14-22,24,44H2,1H3,(H,47,56)(H,51,59)(H,53,61)(H4,45,46,48)/t25-,28+,31-,32-,33+,34-,35-,37-,38-,40-/m0/s1. The van der Waals surface area contributed by atoms with E-state index < -0.39 is 78.6 Å². The van der Waals surface area contributed by atoms with E-state index in [1.165, 1.54) is 4.90 Å². The summed E-state index contributed by atoms with van der Waals surface area (Å²) < 4.78 is 0. The fraction of sp³-hybridized carbons (Fsp3) is 0.558. The zero-order valence-electron chi connectivity index (χ0n) is 35.3. The number of nitrogens with one attached hydrogen (secondary N) is 8. The molecule has 0 unspecified atom stereocenters. The van der Waals surface area contributed by atoms with Gasteiger partial charge in [0.1, 0.15) is 30.8 Å². The second-order valence-electron chi connectivity index (χ2n) is 16.5. The van der Waals surface area contributed by atoms with E-state index >= 15 is 0 Å². The number of hydrogen-bond donors (Lipinski definition) is 14. The van der Waals surface area contributed by atoms with Gasteiger partial charge in [0.15, 0.2) is 5.96 Å². The van der Waals surface area contributed by atoms with E-state index in [-0.39, 0.29) is 63.5 Å². The smallest absolute Gasteiger partial charge is 0.243 e. The predicted molar refractivity (Wildman–Crippen MR) is 233 cm³/mol. The molecule has 3 aromatic rings. The summed E-state index contributed by atoms with van der Waals surface area (Å²) in [6, 6.07) is 11.6. The normalized spacial score (nSPS) is 28.5. The average Bonchev–Trinajstić information content (AvgIpc) is 3.85. The number of H-pyrrole nitrogens is 1. The number of nitrogens with two attached hydrogens (primary N) is 2. The molecule has 0 spiro atoms. The Balaban J connectivity index is 1.48. The minimum Gasteiger partial charge on any atom is -0.391 e. The van der Waals surface area contributed by atoms with E-state index in [1.807, 2.05) is 36.5 Å². The first-order valence-electron chi connectivity index (χ1n) is 21.5. The number of guanidine groups is 1. The molecule has 16 N–H and O–H groups in total. The Kier molecular flexibility index (Phi) is 18.0. The number of carbonyl (C=O) groups is 4. The summed E-state index contributed by atoms with van der Waals surface area (Å²) >= 11 is 0. The van der Waals surface area contributed by atoms with E-state index in [0.717, 1.165) is 22.0 Å². The number of benzene rings is 2. The number of para-hydroxylation sites is 1. The summed E-state index contributed by atoms with van der Waals surface area (Å²) in [7, 11) is 0. The second kappa shape index (κ2) is 23.3. The van der Waals surface area contributed by atoms with Crippen molar-refractivity contribution in [2.24, 2.45) is 17.4 Å². The lowest BCUT2D eigenvalue weighted by Crippen LogP contribution is -2.62. The maximum atomic E-state index is 14.4. The molecule has 4 amide bonds. The van der Waals surface area contributed by atoms with Crippen LogP contribution in [0.15, 0.2) is 60.8 Å². The van der Waals surface area contributed by atoms with Crippen molar-refractivity contribution in [2.45, 2.75) is 126 Å². The number of amides is 4. The molecule has 10 atom stereocenters. The van der Waals surface area contributed by atoms with Crippen LogP contribution in [0.3, 0.4) is 0 Å². The van der Waals surface area contributed by atoms with Crippen molar-refractivity contribution >= 4 is 40.5 Å². The van der Waals surface area contributed by atoms with Crippen LogP contribution in [-0.2, 0) is 32.0 Å². The number of nitrogens with zero attached hydrogens (tertiary/aromatic N) is 1. The lowest BCUT2D eigenvalue weighted by molar-refractivity contribution is -0.142. The summed E-state index contributed by atoms with van der Waals surface area (Å²) in [4.78, 5) is 59.6. The molecular formula is C43H65N11O8. The highest BCUT2D eigenvalue weighted by Gasteiger charge is 2.42. The van der Waals surface area contributed by atoms with Crippen LogP contribution in [0, 0.1) is 11.3 Å². The first-order chi connectivity index (χ1) is 29.7. The highest BCUT2D eigenvalue weighted by Crippen LogP contribution is 2.24. The van der Waals surface area contributed by atoms with Crippen LogP contribution in [0.5, 0.6) is 0 Å². The van der Waals surface area contributed by atoms with Gasteiger partial charge < -0.3 is 63.0 Å². The van der Waals surface area contributed by atoms with Crippen molar-refractivity contribution in [3.05, 3.63) is 71.9 Å². The lowest BCUT2D eigenvalue weighted by Gasteiger charge is -2.34. The molecule has 0 saturated carbocycles. The van der Waals surface area contributed by atoms with Gasteiger partial charge >= 0.3 is 0 Å². The summed E-state index contributed by atoms with van der Waals surface area (Å²) in [6.45, 7) is 2.15. The molecule has 340 valence electrons. The molecule has 2 saturated heterocycles. The largest absolute Gasteiger partial charge is 0.391 e. The van der Waals surface area contributed by atoms with E-state index in [9.17, 15) is 39.6 Å². The van der Waals surface area contributed by atoms with Crippen molar-refractivity contribution in [3.8, 4) is 0 Å². The van der Waals surface area contributed by atoms with Crippen LogP contribution in [0.25, 0.3) is 10.9 Å². The number of carbonyl (C=O) groups excluding carboxylic acids is 4. The van der Waals surface area contributed by atoms with Crippen molar-refractivity contribution in [1.82, 2.24) is 41.8 Å². The molecule has 0 radical (unpaired) electrons. The van der Waals surface area contributed by atoms with Crippen LogP contribution in [-0.4, -0.2) is 135 Å². The predicted octanol–water partition coefficient (Wildman–Crippen LogP) is -1.31. The number of aromatic nitrogens is 1. The molecule has 0 aliphatic carbocycles. The maximum Gasteiger partial charge on any atom is 0.243 e. The quantitative estimate of drug-likeness (QED) is 0.0516. The number of aliphatic hydroxyl groups excluding tert-OH is 4. The first kappa shape index (κ1) is 47.9. The highest BCUT2D eigenvalue weighted by atomic mass is 16.3. The number of aliphatic hydroxyl groups is 4. The van der Waals surface area contributed by atoms with Crippen molar-refractivity contribution in [3.63, 3.8) is 0 Å². The number of hydrogen-bond acceptors (Lipinski definition) is 12. The molecule has 2 aliphatic heterocycles. The number of fused-ring (bicyclic) bond motifs is 2. The molecule has 19 heteroatoms. The van der Waals surface area contributed by atoms with Crippen LogP contribution >= 0.6 is 0 Å². The maximum absolute atomic E-state index is 14.4. The fourth-order valence-corrected chi connectivity index (χ4v) is 8.15. The molecule has 19 nitrogen and oxygen atoms in total. The first-order valence-corrected chi connectivity index (χ1v) is 21.5. The van der Waals surface area contributed by atoms with Gasteiger partial charge in [-0.05, 0) is 62.1 Å². The molecular weight excluding hydrogens is 799 g/mol. The molecule has 0 bridgehead atoms. The van der Waals surface area contributed by atoms with Gasteiger partial charge in [0.25, 0.3) is 0 Å². The third-order valence-electron chi connectivity index (χ3n) is 11.7. The zero-order chi connectivity index (χ0) is 44.8. The molecule has 2 fully saturated rings. The van der Waals surface area contributed by atoms with Crippen LogP contribution in [0.1, 0.15) is 69.4 Å². The minimum atomic E-state index is -1.49. The Bertz CT molecular complexity index is 1930. The van der Waals surface area contributed by atoms with Gasteiger partial charge in [-0.15, -0.1) is 0 Å². The SMILES string of the molecule is C[C@H]1CCC(=O)NCCCC[C@@H]([C@@H](N)O)N[C@@H](O)[C@H](Cc2c[nH]c3ccccc23)N[C@@H](O)[C@H](CCCNC(=N)N)NC(=O)[C@@H](Cc2ccccc2)NC(=O)[C@@H]2C[C@@H](O)CN2C1=O. The summed E-state index contributed by atoms with van der Waals surface area (Å²) in [5.41, 5.74) is 13.9. The summed E-state index contributed by atoms with van der Waals surface area (Å²) in [6.07, 6.45) is -1.12. The van der Waals surface area contributed by atoms with E-state index in [4.69, 9.17) is 16.9 Å². The Morgan fingerprint density at radius 3 is 2.39 bits per heavy atom.